The molecule has 2 heterocycles. The molecule has 106 valence electrons. The number of aromatic nitrogens is 2. The first-order chi connectivity index (χ1) is 9.53. The quantitative estimate of drug-likeness (QED) is 0.877. The largest absolute Gasteiger partial charge is 0.372 e. The summed E-state index contributed by atoms with van der Waals surface area (Å²) in [7, 11) is -2.00. The Morgan fingerprint density at radius 3 is 2.75 bits per heavy atom. The van der Waals surface area contributed by atoms with Gasteiger partial charge in [0.2, 0.25) is 10.0 Å². The van der Waals surface area contributed by atoms with Gasteiger partial charge in [0.05, 0.1) is 5.02 Å². The zero-order valence-electron chi connectivity index (χ0n) is 10.7. The molecule has 0 unspecified atom stereocenters. The van der Waals surface area contributed by atoms with Crippen LogP contribution in [-0.2, 0) is 16.6 Å². The number of anilines is 1. The fourth-order valence-corrected chi connectivity index (χ4v) is 2.83. The van der Waals surface area contributed by atoms with E-state index in [0.29, 0.717) is 5.82 Å². The van der Waals surface area contributed by atoms with E-state index in [9.17, 15) is 8.42 Å². The van der Waals surface area contributed by atoms with Gasteiger partial charge in [0.25, 0.3) is 0 Å². The van der Waals surface area contributed by atoms with Gasteiger partial charge >= 0.3 is 0 Å². The van der Waals surface area contributed by atoms with Crippen molar-refractivity contribution in [3.05, 3.63) is 47.4 Å². The Hall–Kier alpha value is -1.70. The molecule has 0 aromatic carbocycles. The fourth-order valence-electron chi connectivity index (χ4n) is 1.52. The average Bonchev–Trinajstić information content (AvgIpc) is 2.46. The lowest BCUT2D eigenvalue weighted by atomic mass is 10.3. The van der Waals surface area contributed by atoms with Gasteiger partial charge in [-0.1, -0.05) is 17.7 Å². The first-order valence-electron chi connectivity index (χ1n) is 5.75. The second kappa shape index (κ2) is 6.17. The summed E-state index contributed by atoms with van der Waals surface area (Å²) in [6, 6.07) is 4.88. The minimum atomic E-state index is -3.66. The number of hydrogen-bond acceptors (Lipinski definition) is 5. The maximum absolute atomic E-state index is 12.1. The number of nitrogens with zero attached hydrogens (tertiary/aromatic N) is 2. The van der Waals surface area contributed by atoms with Gasteiger partial charge in [-0.15, -0.1) is 0 Å². The number of pyridine rings is 2. The summed E-state index contributed by atoms with van der Waals surface area (Å²) in [4.78, 5) is 7.88. The highest BCUT2D eigenvalue weighted by molar-refractivity contribution is 7.89. The zero-order valence-corrected chi connectivity index (χ0v) is 12.2. The Bertz CT molecular complexity index is 692. The molecule has 2 aromatic rings. The standard InChI is InChI=1S/C12H13ClN4O2S/c1-14-12-11(13)5-10(8-16-12)20(18,19)17-7-9-3-2-4-15-6-9/h2-6,8,17H,7H2,1H3,(H,14,16). The Kier molecular flexibility index (Phi) is 4.53. The summed E-state index contributed by atoms with van der Waals surface area (Å²) >= 11 is 5.93. The molecule has 0 bridgehead atoms. The van der Waals surface area contributed by atoms with Crippen molar-refractivity contribution in [3.63, 3.8) is 0 Å². The topological polar surface area (TPSA) is 84.0 Å². The predicted octanol–water partition coefficient (Wildman–Crippen LogP) is 1.65. The molecule has 8 heteroatoms. The van der Waals surface area contributed by atoms with E-state index in [1.54, 1.807) is 31.6 Å². The first-order valence-corrected chi connectivity index (χ1v) is 7.61. The zero-order chi connectivity index (χ0) is 14.6. The van der Waals surface area contributed by atoms with Crippen molar-refractivity contribution in [1.82, 2.24) is 14.7 Å². The van der Waals surface area contributed by atoms with Crippen LogP contribution in [0.3, 0.4) is 0 Å². The summed E-state index contributed by atoms with van der Waals surface area (Å²) in [6.45, 7) is 0.154. The van der Waals surface area contributed by atoms with Gasteiger partial charge < -0.3 is 5.32 Å². The summed E-state index contributed by atoms with van der Waals surface area (Å²) in [6.07, 6.45) is 4.47. The Labute approximate surface area is 122 Å². The van der Waals surface area contributed by atoms with Gasteiger partial charge in [-0.05, 0) is 17.7 Å². The molecule has 20 heavy (non-hydrogen) atoms. The second-order valence-corrected chi connectivity index (χ2v) is 6.11. The van der Waals surface area contributed by atoms with Crippen molar-refractivity contribution in [2.45, 2.75) is 11.4 Å². The summed E-state index contributed by atoms with van der Waals surface area (Å²) in [5.41, 5.74) is 0.766. The molecule has 0 spiro atoms. The monoisotopic (exact) mass is 312 g/mol. The van der Waals surface area contributed by atoms with Crippen molar-refractivity contribution >= 4 is 27.4 Å². The van der Waals surface area contributed by atoms with Crippen LogP contribution in [0.5, 0.6) is 0 Å². The number of rotatable bonds is 5. The van der Waals surface area contributed by atoms with Crippen LogP contribution in [0.15, 0.2) is 41.7 Å². The molecular formula is C12H13ClN4O2S. The molecule has 0 radical (unpaired) electrons. The van der Waals surface area contributed by atoms with E-state index in [2.05, 4.69) is 20.0 Å². The van der Waals surface area contributed by atoms with Crippen molar-refractivity contribution < 1.29 is 8.42 Å². The normalized spacial score (nSPS) is 11.3. The van der Waals surface area contributed by atoms with Gasteiger partial charge in [-0.25, -0.2) is 18.1 Å². The molecule has 0 fully saturated rings. The maximum atomic E-state index is 12.1. The SMILES string of the molecule is CNc1ncc(S(=O)(=O)NCc2cccnc2)cc1Cl. The van der Waals surface area contributed by atoms with E-state index in [4.69, 9.17) is 11.6 Å². The van der Waals surface area contributed by atoms with Crippen LogP contribution in [0, 0.1) is 0 Å². The number of sulfonamides is 1. The van der Waals surface area contributed by atoms with Crippen LogP contribution in [0.4, 0.5) is 5.82 Å². The van der Waals surface area contributed by atoms with Crippen molar-refractivity contribution in [3.8, 4) is 0 Å². The van der Waals surface area contributed by atoms with E-state index < -0.39 is 10.0 Å². The molecule has 0 atom stereocenters. The van der Waals surface area contributed by atoms with Gasteiger partial charge in [0.15, 0.2) is 0 Å². The molecule has 2 rings (SSSR count). The average molecular weight is 313 g/mol. The molecule has 0 amide bonds. The van der Waals surface area contributed by atoms with Crippen LogP contribution in [0.2, 0.25) is 5.02 Å². The molecule has 0 saturated carbocycles. The number of halogens is 1. The van der Waals surface area contributed by atoms with E-state index in [0.717, 1.165) is 5.56 Å². The van der Waals surface area contributed by atoms with Crippen LogP contribution < -0.4 is 10.0 Å². The highest BCUT2D eigenvalue weighted by Crippen LogP contribution is 2.21. The van der Waals surface area contributed by atoms with Gasteiger partial charge in [0, 0.05) is 32.2 Å². The Morgan fingerprint density at radius 2 is 2.15 bits per heavy atom. The Balaban J connectivity index is 2.16. The summed E-state index contributed by atoms with van der Waals surface area (Å²) < 4.78 is 26.7. The van der Waals surface area contributed by atoms with E-state index >= 15 is 0 Å². The minimum absolute atomic E-state index is 0.0189. The molecule has 0 saturated heterocycles. The fraction of sp³-hybridized carbons (Fsp3) is 0.167. The summed E-state index contributed by atoms with van der Waals surface area (Å²) in [5.74, 6) is 0.429. The highest BCUT2D eigenvalue weighted by atomic mass is 35.5. The lowest BCUT2D eigenvalue weighted by Crippen LogP contribution is -2.23. The van der Waals surface area contributed by atoms with Gasteiger partial charge in [0.1, 0.15) is 10.7 Å². The van der Waals surface area contributed by atoms with Crippen LogP contribution in [0.25, 0.3) is 0 Å². The van der Waals surface area contributed by atoms with E-state index in [1.165, 1.54) is 12.3 Å². The maximum Gasteiger partial charge on any atom is 0.242 e. The third-order valence-electron chi connectivity index (χ3n) is 2.55. The highest BCUT2D eigenvalue weighted by Gasteiger charge is 2.16. The van der Waals surface area contributed by atoms with Crippen LogP contribution in [0.1, 0.15) is 5.56 Å². The van der Waals surface area contributed by atoms with Gasteiger partial charge in [-0.3, -0.25) is 4.98 Å². The molecule has 2 N–H and O–H groups in total. The minimum Gasteiger partial charge on any atom is -0.372 e. The summed E-state index contributed by atoms with van der Waals surface area (Å²) in [5, 5.41) is 3.01. The number of hydrogen-bond donors (Lipinski definition) is 2. The number of nitrogens with one attached hydrogen (secondary N) is 2. The van der Waals surface area contributed by atoms with E-state index in [1.807, 2.05) is 0 Å². The van der Waals surface area contributed by atoms with Gasteiger partial charge in [-0.2, -0.15) is 0 Å². The molecule has 6 nitrogen and oxygen atoms in total. The molecule has 0 aliphatic carbocycles. The molecular weight excluding hydrogens is 300 g/mol. The molecule has 0 aliphatic rings. The lowest BCUT2D eigenvalue weighted by Gasteiger charge is -2.08. The van der Waals surface area contributed by atoms with Crippen molar-refractivity contribution in [2.75, 3.05) is 12.4 Å². The smallest absolute Gasteiger partial charge is 0.242 e. The van der Waals surface area contributed by atoms with Crippen LogP contribution >= 0.6 is 11.6 Å². The Morgan fingerprint density at radius 1 is 1.35 bits per heavy atom. The predicted molar refractivity (Wildman–Crippen MR) is 77.1 cm³/mol. The van der Waals surface area contributed by atoms with E-state index in [-0.39, 0.29) is 16.5 Å². The lowest BCUT2D eigenvalue weighted by molar-refractivity contribution is 0.581. The third-order valence-corrected chi connectivity index (χ3v) is 4.21. The first kappa shape index (κ1) is 14.7. The molecule has 0 aliphatic heterocycles. The molecule has 2 aromatic heterocycles. The second-order valence-electron chi connectivity index (χ2n) is 3.94. The van der Waals surface area contributed by atoms with Crippen molar-refractivity contribution in [2.24, 2.45) is 0 Å². The third kappa shape index (κ3) is 3.44. The van der Waals surface area contributed by atoms with Crippen molar-refractivity contribution in [1.29, 1.82) is 0 Å². The van der Waals surface area contributed by atoms with Crippen LogP contribution in [-0.4, -0.2) is 25.4 Å².